The van der Waals surface area contributed by atoms with Crippen LogP contribution in [0.15, 0.2) is 84.5 Å². The second-order valence-electron chi connectivity index (χ2n) is 5.90. The summed E-state index contributed by atoms with van der Waals surface area (Å²) in [5.74, 6) is 0.949. The van der Waals surface area contributed by atoms with Crippen LogP contribution >= 0.6 is 0 Å². The summed E-state index contributed by atoms with van der Waals surface area (Å²) >= 11 is 0. The van der Waals surface area contributed by atoms with Crippen molar-refractivity contribution < 1.29 is 0 Å². The Bertz CT molecular complexity index is 715. The molecule has 0 bridgehead atoms. The maximum absolute atomic E-state index is 2.39. The van der Waals surface area contributed by atoms with Gasteiger partial charge in [0.2, 0.25) is 0 Å². The molecule has 0 saturated heterocycles. The lowest BCUT2D eigenvalue weighted by molar-refractivity contribution is 0.634. The Morgan fingerprint density at radius 3 is 1.90 bits per heavy atom. The molecule has 4 rings (SSSR count). The molecule has 0 saturated carbocycles. The molecule has 0 radical (unpaired) electrons. The van der Waals surface area contributed by atoms with Gasteiger partial charge in [0.1, 0.15) is 0 Å². The van der Waals surface area contributed by atoms with Gasteiger partial charge in [0, 0.05) is 5.92 Å². The molecule has 0 heterocycles. The minimum Gasteiger partial charge on any atom is -0.0735 e. The smallest absolute Gasteiger partial charge is 0.0162 e. The normalized spacial score (nSPS) is 16.9. The van der Waals surface area contributed by atoms with Crippen molar-refractivity contribution in [3.8, 4) is 11.1 Å². The van der Waals surface area contributed by atoms with Crippen molar-refractivity contribution in [1.82, 2.24) is 0 Å². The number of benzene rings is 2. The highest BCUT2D eigenvalue weighted by molar-refractivity contribution is 5.79. The van der Waals surface area contributed by atoms with Gasteiger partial charge in [0.25, 0.3) is 0 Å². The van der Waals surface area contributed by atoms with E-state index in [0.29, 0.717) is 11.8 Å². The molecule has 1 unspecified atom stereocenters. The largest absolute Gasteiger partial charge is 0.0735 e. The minimum atomic E-state index is 0.465. The summed E-state index contributed by atoms with van der Waals surface area (Å²) in [6.45, 7) is 2.33. The maximum atomic E-state index is 2.39. The molecule has 0 amide bonds. The zero-order valence-corrected chi connectivity index (χ0v) is 12.2. The number of rotatable bonds is 2. The van der Waals surface area contributed by atoms with E-state index < -0.39 is 0 Å². The summed E-state index contributed by atoms with van der Waals surface area (Å²) in [7, 11) is 0. The molecule has 2 aromatic rings. The van der Waals surface area contributed by atoms with E-state index in [-0.39, 0.29) is 0 Å². The van der Waals surface area contributed by atoms with E-state index >= 15 is 0 Å². The van der Waals surface area contributed by atoms with Gasteiger partial charge in [-0.1, -0.05) is 85.8 Å². The van der Waals surface area contributed by atoms with Gasteiger partial charge < -0.3 is 0 Å². The monoisotopic (exact) mass is 270 g/mol. The van der Waals surface area contributed by atoms with Crippen molar-refractivity contribution in [2.24, 2.45) is 5.92 Å². The number of hydrogen-bond donors (Lipinski definition) is 0. The molecule has 0 aliphatic heterocycles. The Labute approximate surface area is 126 Å². The van der Waals surface area contributed by atoms with Gasteiger partial charge in [-0.3, -0.25) is 0 Å². The molecule has 0 nitrogen and oxygen atoms in total. The van der Waals surface area contributed by atoms with Gasteiger partial charge in [0.05, 0.1) is 0 Å². The zero-order valence-electron chi connectivity index (χ0n) is 12.2. The van der Waals surface area contributed by atoms with E-state index in [0.717, 1.165) is 0 Å². The second kappa shape index (κ2) is 4.89. The molecule has 0 N–H and O–H groups in total. The van der Waals surface area contributed by atoms with Crippen LogP contribution in [0.4, 0.5) is 0 Å². The lowest BCUT2D eigenvalue weighted by Gasteiger charge is -2.19. The fourth-order valence-electron chi connectivity index (χ4n) is 3.66. The van der Waals surface area contributed by atoms with Crippen LogP contribution in [0.3, 0.4) is 0 Å². The van der Waals surface area contributed by atoms with Crippen molar-refractivity contribution in [3.05, 3.63) is 95.6 Å². The van der Waals surface area contributed by atoms with Gasteiger partial charge in [-0.15, -0.1) is 0 Å². The lowest BCUT2D eigenvalue weighted by atomic mass is 9.84. The van der Waals surface area contributed by atoms with Crippen LogP contribution in [0.1, 0.15) is 24.0 Å². The molecular formula is C21H18. The molecule has 2 aliphatic carbocycles. The predicted octanol–water partition coefficient (Wildman–Crippen LogP) is 5.49. The van der Waals surface area contributed by atoms with Gasteiger partial charge in [0.15, 0.2) is 0 Å². The summed E-state index contributed by atoms with van der Waals surface area (Å²) in [5.41, 5.74) is 7.06. The van der Waals surface area contributed by atoms with Crippen LogP contribution in [0.5, 0.6) is 0 Å². The quantitative estimate of drug-likeness (QED) is 0.677. The van der Waals surface area contributed by atoms with Crippen LogP contribution < -0.4 is 0 Å². The van der Waals surface area contributed by atoms with Gasteiger partial charge in [-0.05, 0) is 33.7 Å². The lowest BCUT2D eigenvalue weighted by Crippen LogP contribution is -2.06. The summed E-state index contributed by atoms with van der Waals surface area (Å²) < 4.78 is 0. The first-order valence-corrected chi connectivity index (χ1v) is 7.59. The van der Waals surface area contributed by atoms with Crippen LogP contribution in [-0.4, -0.2) is 0 Å². The first kappa shape index (κ1) is 12.4. The number of hydrogen-bond acceptors (Lipinski definition) is 0. The Balaban J connectivity index is 1.83. The molecule has 0 aromatic heterocycles. The first-order valence-electron chi connectivity index (χ1n) is 7.59. The summed E-state index contributed by atoms with van der Waals surface area (Å²) in [6, 6.07) is 17.7. The molecule has 21 heavy (non-hydrogen) atoms. The molecule has 0 heteroatoms. The highest BCUT2D eigenvalue weighted by atomic mass is 14.3. The van der Waals surface area contributed by atoms with Crippen molar-refractivity contribution >= 4 is 0 Å². The van der Waals surface area contributed by atoms with Crippen molar-refractivity contribution in [2.45, 2.75) is 12.8 Å². The van der Waals surface area contributed by atoms with Gasteiger partial charge >= 0.3 is 0 Å². The topological polar surface area (TPSA) is 0 Å². The number of allylic oxidation sites excluding steroid dienone is 6. The van der Waals surface area contributed by atoms with Gasteiger partial charge in [-0.25, -0.2) is 0 Å². The van der Waals surface area contributed by atoms with E-state index in [2.05, 4.69) is 85.8 Å². The minimum absolute atomic E-state index is 0.465. The zero-order chi connectivity index (χ0) is 14.2. The Kier molecular flexibility index (Phi) is 2.89. The third-order valence-corrected chi connectivity index (χ3v) is 4.55. The average Bonchev–Trinajstić information content (AvgIpc) is 3.12. The first-order chi connectivity index (χ1) is 10.3. The highest BCUT2D eigenvalue weighted by Crippen LogP contribution is 2.48. The molecule has 2 aliphatic rings. The third-order valence-electron chi connectivity index (χ3n) is 4.55. The fraction of sp³-hybridized carbons (Fsp3) is 0.143. The summed E-state index contributed by atoms with van der Waals surface area (Å²) in [6.07, 6.45) is 11.0. The maximum Gasteiger partial charge on any atom is 0.0162 e. The predicted molar refractivity (Wildman–Crippen MR) is 89.2 cm³/mol. The van der Waals surface area contributed by atoms with Crippen LogP contribution in [0.25, 0.3) is 11.1 Å². The summed E-state index contributed by atoms with van der Waals surface area (Å²) in [5, 5.41) is 0. The second-order valence-corrected chi connectivity index (χ2v) is 5.90. The highest BCUT2D eigenvalue weighted by Gasteiger charge is 2.30. The van der Waals surface area contributed by atoms with Crippen molar-refractivity contribution in [3.63, 3.8) is 0 Å². The van der Waals surface area contributed by atoms with E-state index in [4.69, 9.17) is 0 Å². The Morgan fingerprint density at radius 1 is 0.810 bits per heavy atom. The third kappa shape index (κ3) is 1.99. The fourth-order valence-corrected chi connectivity index (χ4v) is 3.66. The molecule has 0 spiro atoms. The molecule has 0 fully saturated rings. The van der Waals surface area contributed by atoms with E-state index in [1.54, 1.807) is 0 Å². The van der Waals surface area contributed by atoms with E-state index in [9.17, 15) is 0 Å². The standard InChI is InChI=1S/C21H18/c1-15(14-16-8-2-3-9-16)21-19-12-6-4-10-17(19)18-11-5-7-13-20(18)21/h2-15,21H,1H3. The van der Waals surface area contributed by atoms with Crippen LogP contribution in [-0.2, 0) is 0 Å². The summed E-state index contributed by atoms with van der Waals surface area (Å²) in [4.78, 5) is 0. The molecule has 102 valence electrons. The Morgan fingerprint density at radius 2 is 1.33 bits per heavy atom. The van der Waals surface area contributed by atoms with Crippen LogP contribution in [0.2, 0.25) is 0 Å². The molecule has 2 aromatic carbocycles. The van der Waals surface area contributed by atoms with Crippen LogP contribution in [0, 0.1) is 5.92 Å². The van der Waals surface area contributed by atoms with Gasteiger partial charge in [-0.2, -0.15) is 0 Å². The number of fused-ring (bicyclic) bond motifs is 3. The van der Waals surface area contributed by atoms with Crippen molar-refractivity contribution in [1.29, 1.82) is 0 Å². The SMILES string of the molecule is CC(C=C1C=CC=C1)C1c2ccccc2-c2ccccc21. The average molecular weight is 270 g/mol. The molecular weight excluding hydrogens is 252 g/mol. The van der Waals surface area contributed by atoms with E-state index in [1.807, 2.05) is 0 Å². The molecule has 1 atom stereocenters. The van der Waals surface area contributed by atoms with E-state index in [1.165, 1.54) is 27.8 Å². The Hall–Kier alpha value is -2.34. The van der Waals surface area contributed by atoms with Crippen molar-refractivity contribution in [2.75, 3.05) is 0 Å².